The molecule has 7 nitrogen and oxygen atoms in total. The molecule has 1 saturated heterocycles. The Balaban J connectivity index is 1.32. The second-order valence-corrected chi connectivity index (χ2v) is 9.18. The number of para-hydroxylation sites is 1. The van der Waals surface area contributed by atoms with Gasteiger partial charge in [-0.2, -0.15) is 0 Å². The van der Waals surface area contributed by atoms with E-state index >= 15 is 0 Å². The summed E-state index contributed by atoms with van der Waals surface area (Å²) in [5.74, 6) is 0.000334. The van der Waals surface area contributed by atoms with Crippen LogP contribution < -0.4 is 15.8 Å². The molecule has 1 amide bonds. The zero-order valence-corrected chi connectivity index (χ0v) is 19.5. The van der Waals surface area contributed by atoms with Gasteiger partial charge in [0.15, 0.2) is 5.16 Å². The Morgan fingerprint density at radius 2 is 1.79 bits per heavy atom. The molecule has 0 radical (unpaired) electrons. The fraction of sp³-hybridized carbons (Fsp3) is 0.231. The second-order valence-electron chi connectivity index (χ2n) is 8.24. The van der Waals surface area contributed by atoms with Crippen molar-refractivity contribution in [1.29, 1.82) is 0 Å². The van der Waals surface area contributed by atoms with Crippen LogP contribution in [0.2, 0.25) is 0 Å². The predicted molar refractivity (Wildman–Crippen MR) is 137 cm³/mol. The molecule has 2 aromatic carbocycles. The normalized spacial score (nSPS) is 13.4. The number of hydrogen-bond donors (Lipinski definition) is 1. The molecule has 5 rings (SSSR count). The van der Waals surface area contributed by atoms with E-state index in [1.807, 2.05) is 54.6 Å². The quantitative estimate of drug-likeness (QED) is 0.322. The average Bonchev–Trinajstić information content (AvgIpc) is 3.41. The Morgan fingerprint density at radius 3 is 2.56 bits per heavy atom. The zero-order chi connectivity index (χ0) is 23.3. The van der Waals surface area contributed by atoms with Crippen molar-refractivity contribution in [1.82, 2.24) is 14.5 Å². The van der Waals surface area contributed by atoms with E-state index in [9.17, 15) is 9.59 Å². The van der Waals surface area contributed by atoms with Gasteiger partial charge in [-0.3, -0.25) is 19.1 Å². The van der Waals surface area contributed by atoms with Crippen LogP contribution in [0.5, 0.6) is 0 Å². The van der Waals surface area contributed by atoms with Gasteiger partial charge in [0.1, 0.15) is 0 Å². The number of carbonyl (C=O) groups is 1. The summed E-state index contributed by atoms with van der Waals surface area (Å²) >= 11 is 1.26. The van der Waals surface area contributed by atoms with E-state index in [1.54, 1.807) is 23.0 Å². The molecule has 0 saturated carbocycles. The SMILES string of the molecule is O=C(CSc1nc2ccccc2c(=O)n1Cc1cccnc1)Nc1ccc(N2CCCC2)cc1. The van der Waals surface area contributed by atoms with Crippen molar-refractivity contribution in [3.05, 3.63) is 89.0 Å². The minimum atomic E-state index is -0.144. The van der Waals surface area contributed by atoms with Crippen LogP contribution >= 0.6 is 11.8 Å². The number of hydrogen-bond acceptors (Lipinski definition) is 6. The van der Waals surface area contributed by atoms with Crippen LogP contribution in [0.15, 0.2) is 83.0 Å². The number of nitrogens with one attached hydrogen (secondary N) is 1. The summed E-state index contributed by atoms with van der Waals surface area (Å²) in [6.45, 7) is 2.51. The molecule has 1 aliphatic rings. The van der Waals surface area contributed by atoms with E-state index in [1.165, 1.54) is 30.3 Å². The summed E-state index contributed by atoms with van der Waals surface area (Å²) in [6, 6.07) is 19.0. The minimum Gasteiger partial charge on any atom is -0.372 e. The van der Waals surface area contributed by atoms with E-state index in [2.05, 4.69) is 20.2 Å². The number of amides is 1. The number of pyridine rings is 1. The van der Waals surface area contributed by atoms with E-state index in [-0.39, 0.29) is 17.2 Å². The van der Waals surface area contributed by atoms with Gasteiger partial charge in [-0.25, -0.2) is 4.98 Å². The first-order valence-corrected chi connectivity index (χ1v) is 12.3. The Kier molecular flexibility index (Phi) is 6.58. The van der Waals surface area contributed by atoms with Crippen molar-refractivity contribution in [2.75, 3.05) is 29.1 Å². The lowest BCUT2D eigenvalue weighted by molar-refractivity contribution is -0.113. The van der Waals surface area contributed by atoms with E-state index < -0.39 is 0 Å². The molecular formula is C26H25N5O2S. The average molecular weight is 472 g/mol. The monoisotopic (exact) mass is 471 g/mol. The molecular weight excluding hydrogens is 446 g/mol. The molecule has 3 heterocycles. The largest absolute Gasteiger partial charge is 0.372 e. The third-order valence-corrected chi connectivity index (χ3v) is 6.82. The van der Waals surface area contributed by atoms with Crippen LogP contribution in [0.1, 0.15) is 18.4 Å². The Hall–Kier alpha value is -3.65. The number of carbonyl (C=O) groups excluding carboxylic acids is 1. The molecule has 1 N–H and O–H groups in total. The van der Waals surface area contributed by atoms with Crippen molar-refractivity contribution in [2.24, 2.45) is 0 Å². The smallest absolute Gasteiger partial charge is 0.262 e. The van der Waals surface area contributed by atoms with Crippen LogP contribution in [-0.2, 0) is 11.3 Å². The molecule has 0 atom stereocenters. The lowest BCUT2D eigenvalue weighted by Gasteiger charge is -2.17. The standard InChI is InChI=1S/C26H25N5O2S/c32-24(28-20-9-11-21(12-10-20)30-14-3-4-15-30)18-34-26-29-23-8-2-1-7-22(23)25(33)31(26)17-19-6-5-13-27-16-19/h1-2,5-13,16H,3-4,14-15,17-18H2,(H,28,32). The maximum atomic E-state index is 13.2. The highest BCUT2D eigenvalue weighted by Crippen LogP contribution is 2.23. The number of anilines is 2. The van der Waals surface area contributed by atoms with Gasteiger partial charge in [0.05, 0.1) is 23.2 Å². The third kappa shape index (κ3) is 4.97. The van der Waals surface area contributed by atoms with Crippen LogP contribution in [0, 0.1) is 0 Å². The van der Waals surface area contributed by atoms with Gasteiger partial charge in [0, 0.05) is 36.9 Å². The van der Waals surface area contributed by atoms with Crippen molar-refractivity contribution < 1.29 is 4.79 Å². The summed E-state index contributed by atoms with van der Waals surface area (Å²) < 4.78 is 1.61. The maximum absolute atomic E-state index is 13.2. The summed E-state index contributed by atoms with van der Waals surface area (Å²) in [4.78, 5) is 37.1. The molecule has 0 unspecified atom stereocenters. The molecule has 4 aromatic rings. The number of benzene rings is 2. The van der Waals surface area contributed by atoms with Gasteiger partial charge in [-0.15, -0.1) is 0 Å². The molecule has 0 spiro atoms. The van der Waals surface area contributed by atoms with Crippen LogP contribution in [0.4, 0.5) is 11.4 Å². The number of rotatable bonds is 7. The van der Waals surface area contributed by atoms with Crippen LogP contribution in [0.25, 0.3) is 10.9 Å². The van der Waals surface area contributed by atoms with Gasteiger partial charge >= 0.3 is 0 Å². The first-order chi connectivity index (χ1) is 16.7. The molecule has 1 aliphatic heterocycles. The number of thioether (sulfide) groups is 1. The highest BCUT2D eigenvalue weighted by Gasteiger charge is 2.15. The molecule has 1 fully saturated rings. The number of aromatic nitrogens is 3. The van der Waals surface area contributed by atoms with Gasteiger partial charge in [-0.05, 0) is 60.9 Å². The van der Waals surface area contributed by atoms with Gasteiger partial charge < -0.3 is 10.2 Å². The molecule has 34 heavy (non-hydrogen) atoms. The van der Waals surface area contributed by atoms with Crippen LogP contribution in [-0.4, -0.2) is 39.3 Å². The Bertz CT molecular complexity index is 1350. The highest BCUT2D eigenvalue weighted by atomic mass is 32.2. The first kappa shape index (κ1) is 22.2. The topological polar surface area (TPSA) is 80.1 Å². The van der Waals surface area contributed by atoms with E-state index in [0.29, 0.717) is 22.6 Å². The van der Waals surface area contributed by atoms with Crippen molar-refractivity contribution in [2.45, 2.75) is 24.5 Å². The Morgan fingerprint density at radius 1 is 1.00 bits per heavy atom. The van der Waals surface area contributed by atoms with Gasteiger partial charge in [-0.1, -0.05) is 30.0 Å². The Labute approximate surface area is 201 Å². The van der Waals surface area contributed by atoms with E-state index in [0.717, 1.165) is 24.3 Å². The number of fused-ring (bicyclic) bond motifs is 1. The van der Waals surface area contributed by atoms with Crippen molar-refractivity contribution in [3.63, 3.8) is 0 Å². The first-order valence-electron chi connectivity index (χ1n) is 11.3. The maximum Gasteiger partial charge on any atom is 0.262 e. The fourth-order valence-electron chi connectivity index (χ4n) is 4.13. The summed E-state index contributed by atoms with van der Waals surface area (Å²) in [6.07, 6.45) is 5.88. The van der Waals surface area contributed by atoms with Crippen LogP contribution in [0.3, 0.4) is 0 Å². The van der Waals surface area contributed by atoms with Crippen molar-refractivity contribution in [3.8, 4) is 0 Å². The predicted octanol–water partition coefficient (Wildman–Crippen LogP) is 4.17. The number of nitrogens with zero attached hydrogens (tertiary/aromatic N) is 4. The second kappa shape index (κ2) is 10.1. The molecule has 2 aromatic heterocycles. The summed E-state index contributed by atoms with van der Waals surface area (Å²) in [5, 5.41) is 4.01. The fourth-order valence-corrected chi connectivity index (χ4v) is 4.93. The highest BCUT2D eigenvalue weighted by molar-refractivity contribution is 7.99. The molecule has 0 bridgehead atoms. The van der Waals surface area contributed by atoms with Gasteiger partial charge in [0.25, 0.3) is 5.56 Å². The lowest BCUT2D eigenvalue weighted by Crippen LogP contribution is -2.25. The molecule has 0 aliphatic carbocycles. The van der Waals surface area contributed by atoms with Crippen molar-refractivity contribution >= 4 is 39.9 Å². The van der Waals surface area contributed by atoms with E-state index in [4.69, 9.17) is 0 Å². The molecule has 172 valence electrons. The zero-order valence-electron chi connectivity index (χ0n) is 18.7. The summed E-state index contributed by atoms with van der Waals surface area (Å²) in [5.41, 5.74) is 3.33. The third-order valence-electron chi connectivity index (χ3n) is 5.84. The lowest BCUT2D eigenvalue weighted by atomic mass is 10.2. The summed E-state index contributed by atoms with van der Waals surface area (Å²) in [7, 11) is 0. The minimum absolute atomic E-state index is 0.130. The van der Waals surface area contributed by atoms with Gasteiger partial charge in [0.2, 0.25) is 5.91 Å². The molecule has 8 heteroatoms.